The molecule has 200 valence electrons. The van der Waals surface area contributed by atoms with Gasteiger partial charge in [0.05, 0.1) is 34.8 Å². The van der Waals surface area contributed by atoms with Gasteiger partial charge in [-0.05, 0) is 78.3 Å². The fourth-order valence-corrected chi connectivity index (χ4v) is 5.77. The minimum absolute atomic E-state index is 0.0852. The van der Waals surface area contributed by atoms with E-state index in [1.54, 1.807) is 41.3 Å². The molecule has 1 unspecified atom stereocenters. The third-order valence-corrected chi connectivity index (χ3v) is 8.18. The maximum absolute atomic E-state index is 13.5. The fraction of sp³-hybridized carbons (Fsp3) is 0.250. The maximum Gasteiger partial charge on any atom is 0.256 e. The van der Waals surface area contributed by atoms with Crippen molar-refractivity contribution in [1.29, 1.82) is 5.26 Å². The van der Waals surface area contributed by atoms with Gasteiger partial charge < -0.3 is 15.0 Å². The third-order valence-electron chi connectivity index (χ3n) is 7.95. The molecule has 40 heavy (non-hydrogen) atoms. The van der Waals surface area contributed by atoms with E-state index in [0.717, 1.165) is 29.5 Å². The molecule has 1 atom stereocenters. The van der Waals surface area contributed by atoms with Crippen LogP contribution in [-0.2, 0) is 23.2 Å². The van der Waals surface area contributed by atoms with E-state index in [2.05, 4.69) is 11.1 Å². The summed E-state index contributed by atoms with van der Waals surface area (Å²) < 4.78 is 0. The van der Waals surface area contributed by atoms with E-state index in [1.807, 2.05) is 36.4 Å². The Balaban J connectivity index is 1.25. The summed E-state index contributed by atoms with van der Waals surface area (Å²) in [6.45, 7) is 0.492. The normalized spacial score (nSPS) is 16.4. The van der Waals surface area contributed by atoms with Crippen LogP contribution in [0.15, 0.2) is 77.6 Å². The van der Waals surface area contributed by atoms with E-state index in [1.165, 1.54) is 0 Å². The van der Waals surface area contributed by atoms with Crippen molar-refractivity contribution in [1.82, 2.24) is 14.9 Å². The minimum Gasteiger partial charge on any atom is -0.378 e. The second-order valence-electron chi connectivity index (χ2n) is 10.5. The number of hydrogen-bond donors (Lipinski definition) is 2. The van der Waals surface area contributed by atoms with E-state index in [9.17, 15) is 20.0 Å². The van der Waals surface area contributed by atoms with Gasteiger partial charge in [-0.3, -0.25) is 9.59 Å². The van der Waals surface area contributed by atoms with E-state index < -0.39 is 12.0 Å². The Morgan fingerprint density at radius 1 is 1.07 bits per heavy atom. The predicted molar refractivity (Wildman–Crippen MR) is 152 cm³/mol. The lowest BCUT2D eigenvalue weighted by Crippen LogP contribution is -2.36. The van der Waals surface area contributed by atoms with Crippen molar-refractivity contribution >= 4 is 17.5 Å². The van der Waals surface area contributed by atoms with Gasteiger partial charge in [-0.25, -0.2) is 4.98 Å². The zero-order chi connectivity index (χ0) is 27.9. The number of carbonyl (C=O) groups excluding carboxylic acids is 1. The summed E-state index contributed by atoms with van der Waals surface area (Å²) in [5.74, 6) is 0.187. The van der Waals surface area contributed by atoms with Crippen LogP contribution in [0.1, 0.15) is 59.1 Å². The van der Waals surface area contributed by atoms with Gasteiger partial charge >= 0.3 is 0 Å². The topological polar surface area (TPSA) is 110 Å². The Hall–Kier alpha value is -4.25. The van der Waals surface area contributed by atoms with E-state index in [4.69, 9.17) is 16.6 Å². The molecule has 0 saturated heterocycles. The number of nitriles is 1. The quantitative estimate of drug-likeness (QED) is 0.361. The van der Waals surface area contributed by atoms with Crippen LogP contribution < -0.4 is 5.56 Å². The van der Waals surface area contributed by atoms with Gasteiger partial charge in [0, 0.05) is 11.6 Å². The van der Waals surface area contributed by atoms with Crippen LogP contribution in [0.25, 0.3) is 11.1 Å². The highest BCUT2D eigenvalue weighted by atomic mass is 35.5. The zero-order valence-corrected chi connectivity index (χ0v) is 22.5. The molecule has 2 aliphatic rings. The molecule has 1 fully saturated rings. The summed E-state index contributed by atoms with van der Waals surface area (Å²) in [5.41, 5.74) is 4.23. The molecular weight excluding hydrogens is 524 g/mol. The Labute approximate surface area is 236 Å². The molecule has 4 aromatic rings. The van der Waals surface area contributed by atoms with Gasteiger partial charge in [0.2, 0.25) is 0 Å². The summed E-state index contributed by atoms with van der Waals surface area (Å²) in [7, 11) is 0. The van der Waals surface area contributed by atoms with Crippen molar-refractivity contribution in [3.63, 3.8) is 0 Å². The number of aromatic amines is 1. The van der Waals surface area contributed by atoms with E-state index >= 15 is 0 Å². The number of aryl methyl sites for hydroxylation is 1. The van der Waals surface area contributed by atoms with Crippen molar-refractivity contribution in [3.05, 3.63) is 122 Å². The van der Waals surface area contributed by atoms with Crippen molar-refractivity contribution in [3.8, 4) is 17.2 Å². The molecule has 0 radical (unpaired) electrons. The fourth-order valence-electron chi connectivity index (χ4n) is 5.58. The molecule has 8 heteroatoms. The molecule has 1 amide bonds. The standard InChI is InChI=1S/C32H27ClN4O3/c33-25-10-3-9-24(17-25)32(12-13-32)31-35-27-11-4-14-37(19-26(27)29(39)36-31)30(40)28(38)23-8-2-7-22(16-23)21-6-1-5-20(15-21)18-34/h1-3,5-10,15-17,28,38H,4,11-14,19H2,(H,35,36,39). The zero-order valence-electron chi connectivity index (χ0n) is 21.7. The summed E-state index contributed by atoms with van der Waals surface area (Å²) >= 11 is 6.24. The number of nitrogens with one attached hydrogen (secondary N) is 1. The van der Waals surface area contributed by atoms with Crippen LogP contribution in [0, 0.1) is 11.3 Å². The van der Waals surface area contributed by atoms with Gasteiger partial charge in [0.1, 0.15) is 5.82 Å². The number of rotatable bonds is 5. The highest BCUT2D eigenvalue weighted by Crippen LogP contribution is 2.52. The summed E-state index contributed by atoms with van der Waals surface area (Å²) in [4.78, 5) is 36.2. The van der Waals surface area contributed by atoms with Crippen molar-refractivity contribution in [2.45, 2.75) is 43.7 Å². The van der Waals surface area contributed by atoms with Gasteiger partial charge in [-0.15, -0.1) is 0 Å². The Kier molecular flexibility index (Phi) is 6.75. The first-order valence-corrected chi connectivity index (χ1v) is 13.7. The first kappa shape index (κ1) is 26.0. The molecule has 2 heterocycles. The lowest BCUT2D eigenvalue weighted by Gasteiger charge is -2.24. The van der Waals surface area contributed by atoms with Crippen LogP contribution in [0.4, 0.5) is 0 Å². The van der Waals surface area contributed by atoms with Crippen LogP contribution >= 0.6 is 11.6 Å². The summed E-state index contributed by atoms with van der Waals surface area (Å²) in [5, 5.41) is 20.9. The van der Waals surface area contributed by atoms with Crippen LogP contribution in [0.2, 0.25) is 5.02 Å². The smallest absolute Gasteiger partial charge is 0.256 e. The molecular formula is C32H27ClN4O3. The molecule has 7 nitrogen and oxygen atoms in total. The number of amides is 1. The largest absolute Gasteiger partial charge is 0.378 e. The SMILES string of the molecule is N#Cc1cccc(-c2cccc(C(O)C(=O)N3CCCc4nc(C5(c6cccc(Cl)c6)CC5)[nH]c(=O)c4C3)c2)c1. The van der Waals surface area contributed by atoms with Crippen molar-refractivity contribution < 1.29 is 9.90 Å². The molecule has 0 spiro atoms. The molecule has 1 saturated carbocycles. The number of H-pyrrole nitrogens is 1. The monoisotopic (exact) mass is 550 g/mol. The molecule has 0 bridgehead atoms. The molecule has 1 aromatic heterocycles. The lowest BCUT2D eigenvalue weighted by molar-refractivity contribution is -0.141. The van der Waals surface area contributed by atoms with E-state index in [0.29, 0.717) is 52.6 Å². The molecule has 1 aliphatic carbocycles. The van der Waals surface area contributed by atoms with Crippen molar-refractivity contribution in [2.24, 2.45) is 0 Å². The van der Waals surface area contributed by atoms with Gasteiger partial charge in [-0.1, -0.05) is 54.1 Å². The Morgan fingerprint density at radius 2 is 1.82 bits per heavy atom. The number of aromatic nitrogens is 2. The number of carbonyl (C=O) groups is 1. The number of nitrogens with zero attached hydrogens (tertiary/aromatic N) is 3. The second-order valence-corrected chi connectivity index (χ2v) is 11.0. The first-order valence-electron chi connectivity index (χ1n) is 13.3. The lowest BCUT2D eigenvalue weighted by atomic mass is 9.94. The van der Waals surface area contributed by atoms with Crippen LogP contribution in [0.3, 0.4) is 0 Å². The molecule has 6 rings (SSSR count). The number of aliphatic hydroxyl groups is 1. The second kappa shape index (κ2) is 10.4. The number of halogens is 1. The van der Waals surface area contributed by atoms with Gasteiger partial charge in [0.25, 0.3) is 11.5 Å². The summed E-state index contributed by atoms with van der Waals surface area (Å²) in [6.07, 6.45) is 1.58. The highest BCUT2D eigenvalue weighted by molar-refractivity contribution is 6.30. The average molecular weight is 551 g/mol. The van der Waals surface area contributed by atoms with Gasteiger partial charge in [0.15, 0.2) is 6.10 Å². The highest BCUT2D eigenvalue weighted by Gasteiger charge is 2.48. The number of aliphatic hydroxyl groups excluding tert-OH is 1. The Bertz CT molecular complexity index is 1720. The predicted octanol–water partition coefficient (Wildman–Crippen LogP) is 5.05. The van der Waals surface area contributed by atoms with E-state index in [-0.39, 0.29) is 17.5 Å². The third kappa shape index (κ3) is 4.81. The van der Waals surface area contributed by atoms with Crippen LogP contribution in [0.5, 0.6) is 0 Å². The Morgan fingerprint density at radius 3 is 2.58 bits per heavy atom. The number of hydrogen-bond acceptors (Lipinski definition) is 5. The molecule has 3 aromatic carbocycles. The summed E-state index contributed by atoms with van der Waals surface area (Å²) in [6, 6.07) is 24.1. The van der Waals surface area contributed by atoms with Crippen LogP contribution in [-0.4, -0.2) is 32.4 Å². The minimum atomic E-state index is -1.38. The maximum atomic E-state index is 13.5. The average Bonchev–Trinajstić information content (AvgIpc) is 3.81. The number of fused-ring (bicyclic) bond motifs is 1. The van der Waals surface area contributed by atoms with Gasteiger partial charge in [-0.2, -0.15) is 5.26 Å². The first-order chi connectivity index (χ1) is 19.4. The molecule has 2 N–H and O–H groups in total. The number of benzene rings is 3. The molecule has 1 aliphatic heterocycles. The van der Waals surface area contributed by atoms with Crippen molar-refractivity contribution in [2.75, 3.05) is 6.54 Å².